The van der Waals surface area contributed by atoms with Gasteiger partial charge in [0, 0.05) is 24.2 Å². The first-order valence-electron chi connectivity index (χ1n) is 7.49. The molecular formula is C15H19BF2O5. The van der Waals surface area contributed by atoms with E-state index in [9.17, 15) is 8.78 Å². The molecule has 5 nitrogen and oxygen atoms in total. The van der Waals surface area contributed by atoms with Gasteiger partial charge in [-0.2, -0.15) is 8.78 Å². The van der Waals surface area contributed by atoms with Crippen molar-refractivity contribution in [2.45, 2.75) is 26.7 Å². The Kier molecular flexibility index (Phi) is 4.86. The lowest BCUT2D eigenvalue weighted by atomic mass is 9.75. The van der Waals surface area contributed by atoms with Gasteiger partial charge in [-0.25, -0.2) is 0 Å². The summed E-state index contributed by atoms with van der Waals surface area (Å²) in [6, 6.07) is 4.75. The number of halogens is 2. The lowest BCUT2D eigenvalue weighted by molar-refractivity contribution is -0.0532. The van der Waals surface area contributed by atoms with Gasteiger partial charge < -0.3 is 23.5 Å². The monoisotopic (exact) mass is 328 g/mol. The molecule has 2 aliphatic heterocycles. The summed E-state index contributed by atoms with van der Waals surface area (Å²) in [6.45, 7) is 3.12. The predicted octanol–water partition coefficient (Wildman–Crippen LogP) is 2.10. The number of benzene rings is 1. The standard InChI is InChI=1S/C15H19BF2O5/c1-15(2)8-21-16(22-9-15)11-5-10(13-19-3-4-20-13)6-12(7-11)23-14(17)18/h5-7,13-14H,3-4,8-9H2,1-2H3. The lowest BCUT2D eigenvalue weighted by Gasteiger charge is -2.33. The second-order valence-corrected chi connectivity index (χ2v) is 6.41. The van der Waals surface area contributed by atoms with E-state index in [2.05, 4.69) is 4.74 Å². The maximum absolute atomic E-state index is 12.6. The van der Waals surface area contributed by atoms with Crippen molar-refractivity contribution in [3.05, 3.63) is 23.8 Å². The van der Waals surface area contributed by atoms with Crippen molar-refractivity contribution in [3.63, 3.8) is 0 Å². The molecule has 0 bridgehead atoms. The second-order valence-electron chi connectivity index (χ2n) is 6.41. The van der Waals surface area contributed by atoms with E-state index in [0.717, 1.165) is 0 Å². The zero-order valence-corrected chi connectivity index (χ0v) is 13.1. The van der Waals surface area contributed by atoms with E-state index >= 15 is 0 Å². The number of alkyl halides is 2. The smallest absolute Gasteiger partial charge is 0.435 e. The highest BCUT2D eigenvalue weighted by Gasteiger charge is 2.34. The highest BCUT2D eigenvalue weighted by molar-refractivity contribution is 6.61. The van der Waals surface area contributed by atoms with Crippen LogP contribution >= 0.6 is 0 Å². The summed E-state index contributed by atoms with van der Waals surface area (Å²) in [5.41, 5.74) is 1.13. The van der Waals surface area contributed by atoms with Gasteiger partial charge in [0.15, 0.2) is 6.29 Å². The third-order valence-corrected chi connectivity index (χ3v) is 3.59. The number of rotatable bonds is 4. The molecule has 2 fully saturated rings. The van der Waals surface area contributed by atoms with Gasteiger partial charge in [0.25, 0.3) is 0 Å². The molecule has 3 rings (SSSR count). The zero-order chi connectivity index (χ0) is 16.4. The van der Waals surface area contributed by atoms with Crippen molar-refractivity contribution < 1.29 is 32.3 Å². The Balaban J connectivity index is 1.84. The zero-order valence-electron chi connectivity index (χ0n) is 13.1. The van der Waals surface area contributed by atoms with Gasteiger partial charge in [0.1, 0.15) is 5.75 Å². The summed E-state index contributed by atoms with van der Waals surface area (Å²) in [5.74, 6) is 0.0311. The van der Waals surface area contributed by atoms with E-state index < -0.39 is 20.0 Å². The predicted molar refractivity (Wildman–Crippen MR) is 78.8 cm³/mol. The Morgan fingerprint density at radius 3 is 2.39 bits per heavy atom. The topological polar surface area (TPSA) is 46.2 Å². The molecular weight excluding hydrogens is 309 g/mol. The molecule has 2 saturated heterocycles. The fourth-order valence-electron chi connectivity index (χ4n) is 2.52. The number of hydrogen-bond donors (Lipinski definition) is 0. The van der Waals surface area contributed by atoms with Crippen LogP contribution in [0.3, 0.4) is 0 Å². The summed E-state index contributed by atoms with van der Waals surface area (Å²) in [6.07, 6.45) is -0.588. The molecule has 1 aromatic carbocycles. The third-order valence-electron chi connectivity index (χ3n) is 3.59. The highest BCUT2D eigenvalue weighted by Crippen LogP contribution is 2.28. The van der Waals surface area contributed by atoms with Crippen LogP contribution in [0.4, 0.5) is 8.78 Å². The fraction of sp³-hybridized carbons (Fsp3) is 0.600. The molecule has 2 aliphatic rings. The summed E-state index contributed by atoms with van der Waals surface area (Å²) in [5, 5.41) is 0. The Morgan fingerprint density at radius 1 is 1.13 bits per heavy atom. The minimum Gasteiger partial charge on any atom is -0.435 e. The van der Waals surface area contributed by atoms with Gasteiger partial charge in [-0.1, -0.05) is 19.9 Å². The largest absolute Gasteiger partial charge is 0.494 e. The molecule has 0 amide bonds. The van der Waals surface area contributed by atoms with E-state index in [1.165, 1.54) is 12.1 Å². The first kappa shape index (κ1) is 16.6. The van der Waals surface area contributed by atoms with Crippen molar-refractivity contribution in [2.75, 3.05) is 26.4 Å². The Labute approximate surface area is 133 Å². The van der Waals surface area contributed by atoms with E-state index in [0.29, 0.717) is 37.5 Å². The molecule has 2 heterocycles. The molecule has 8 heteroatoms. The van der Waals surface area contributed by atoms with Crippen LogP contribution in [0.25, 0.3) is 0 Å². The molecule has 0 aliphatic carbocycles. The SMILES string of the molecule is CC1(C)COB(c2cc(OC(F)F)cc(C3OCCO3)c2)OC1. The van der Waals surface area contributed by atoms with Crippen LogP contribution < -0.4 is 10.2 Å². The van der Waals surface area contributed by atoms with Gasteiger partial charge in [0.2, 0.25) is 0 Å². The van der Waals surface area contributed by atoms with E-state index in [1.54, 1.807) is 6.07 Å². The second kappa shape index (κ2) is 6.72. The van der Waals surface area contributed by atoms with Crippen molar-refractivity contribution in [2.24, 2.45) is 5.41 Å². The molecule has 0 N–H and O–H groups in total. The molecule has 0 spiro atoms. The molecule has 0 atom stereocenters. The van der Waals surface area contributed by atoms with Crippen LogP contribution in [0.15, 0.2) is 18.2 Å². The van der Waals surface area contributed by atoms with Gasteiger partial charge in [-0.3, -0.25) is 0 Å². The quantitative estimate of drug-likeness (QED) is 0.792. The summed E-state index contributed by atoms with van der Waals surface area (Å²) >= 11 is 0. The minimum absolute atomic E-state index is 0.0311. The van der Waals surface area contributed by atoms with Crippen LogP contribution in [0.2, 0.25) is 0 Å². The van der Waals surface area contributed by atoms with Crippen molar-refractivity contribution in [1.29, 1.82) is 0 Å². The van der Waals surface area contributed by atoms with Crippen LogP contribution in [-0.2, 0) is 18.8 Å². The average molecular weight is 328 g/mol. The molecule has 23 heavy (non-hydrogen) atoms. The van der Waals surface area contributed by atoms with Crippen molar-refractivity contribution in [3.8, 4) is 5.75 Å². The minimum atomic E-state index is -2.91. The van der Waals surface area contributed by atoms with E-state index in [-0.39, 0.29) is 11.2 Å². The van der Waals surface area contributed by atoms with Crippen LogP contribution in [-0.4, -0.2) is 40.2 Å². The van der Waals surface area contributed by atoms with Crippen LogP contribution in [0.5, 0.6) is 5.75 Å². The third kappa shape index (κ3) is 4.20. The Hall–Kier alpha value is -1.22. The molecule has 0 aromatic heterocycles. The first-order chi connectivity index (χ1) is 10.9. The Morgan fingerprint density at radius 2 is 1.78 bits per heavy atom. The number of ether oxygens (including phenoxy) is 3. The fourth-order valence-corrected chi connectivity index (χ4v) is 2.52. The summed E-state index contributed by atoms with van der Waals surface area (Å²) in [7, 11) is -0.621. The van der Waals surface area contributed by atoms with Crippen LogP contribution in [0.1, 0.15) is 25.7 Å². The summed E-state index contributed by atoms with van der Waals surface area (Å²) in [4.78, 5) is 0. The molecule has 1 aromatic rings. The maximum atomic E-state index is 12.6. The molecule has 0 unspecified atom stereocenters. The van der Waals surface area contributed by atoms with Crippen molar-refractivity contribution >= 4 is 12.6 Å². The normalized spacial score (nSPS) is 21.9. The molecule has 0 radical (unpaired) electrons. The first-order valence-corrected chi connectivity index (χ1v) is 7.49. The van der Waals surface area contributed by atoms with Gasteiger partial charge in [-0.05, 0) is 17.6 Å². The highest BCUT2D eigenvalue weighted by atomic mass is 19.3. The molecule has 0 saturated carbocycles. The molecule has 126 valence electrons. The number of hydrogen-bond acceptors (Lipinski definition) is 5. The van der Waals surface area contributed by atoms with Gasteiger partial charge >= 0.3 is 13.7 Å². The van der Waals surface area contributed by atoms with Crippen molar-refractivity contribution in [1.82, 2.24) is 0 Å². The van der Waals surface area contributed by atoms with Crippen LogP contribution in [0, 0.1) is 5.41 Å². The summed E-state index contributed by atoms with van der Waals surface area (Å²) < 4.78 is 51.9. The van der Waals surface area contributed by atoms with E-state index in [4.69, 9.17) is 18.8 Å². The Bertz CT molecular complexity index is 539. The maximum Gasteiger partial charge on any atom is 0.494 e. The average Bonchev–Trinajstić information content (AvgIpc) is 3.00. The lowest BCUT2D eigenvalue weighted by Crippen LogP contribution is -2.47. The van der Waals surface area contributed by atoms with E-state index in [1.807, 2.05) is 13.8 Å². The van der Waals surface area contributed by atoms with Gasteiger partial charge in [-0.15, -0.1) is 0 Å². The van der Waals surface area contributed by atoms with Gasteiger partial charge in [0.05, 0.1) is 13.2 Å².